The highest BCUT2D eigenvalue weighted by atomic mass is 32.2. The molecule has 5 heteroatoms. The van der Waals surface area contributed by atoms with Crippen molar-refractivity contribution in [2.24, 2.45) is 5.92 Å². The van der Waals surface area contributed by atoms with E-state index < -0.39 is 0 Å². The number of carbonyl (C=O) groups is 2. The molecular formula is C12H20N2O2S. The molecule has 4 nitrogen and oxygen atoms in total. The van der Waals surface area contributed by atoms with Crippen LogP contribution in [0.4, 0.5) is 0 Å². The first-order chi connectivity index (χ1) is 8.25. The maximum absolute atomic E-state index is 12.1. The number of hydrogen-bond acceptors (Lipinski definition) is 3. The van der Waals surface area contributed by atoms with Crippen molar-refractivity contribution in [3.05, 3.63) is 0 Å². The third-order valence-electron chi connectivity index (χ3n) is 3.47. The van der Waals surface area contributed by atoms with Crippen LogP contribution in [0.1, 0.15) is 25.7 Å². The summed E-state index contributed by atoms with van der Waals surface area (Å²) in [5, 5.41) is 2.80. The van der Waals surface area contributed by atoms with Gasteiger partial charge in [-0.1, -0.05) is 0 Å². The Morgan fingerprint density at radius 2 is 2.12 bits per heavy atom. The van der Waals surface area contributed by atoms with Gasteiger partial charge < -0.3 is 10.2 Å². The van der Waals surface area contributed by atoms with Crippen LogP contribution in [0.2, 0.25) is 0 Å². The van der Waals surface area contributed by atoms with E-state index in [-0.39, 0.29) is 11.8 Å². The SMILES string of the molecule is O=C1CCN(C(=O)CC2CCSCC2)CCN1. The van der Waals surface area contributed by atoms with Gasteiger partial charge in [0.25, 0.3) is 0 Å². The highest BCUT2D eigenvalue weighted by molar-refractivity contribution is 7.99. The molecule has 2 fully saturated rings. The number of rotatable bonds is 2. The van der Waals surface area contributed by atoms with Crippen molar-refractivity contribution in [2.45, 2.75) is 25.7 Å². The number of amides is 2. The molecule has 0 aromatic carbocycles. The first-order valence-corrected chi connectivity index (χ1v) is 7.53. The first-order valence-electron chi connectivity index (χ1n) is 6.38. The quantitative estimate of drug-likeness (QED) is 0.797. The molecule has 0 bridgehead atoms. The average Bonchev–Trinajstić information content (AvgIpc) is 2.55. The Labute approximate surface area is 106 Å². The van der Waals surface area contributed by atoms with Crippen LogP contribution >= 0.6 is 11.8 Å². The van der Waals surface area contributed by atoms with Crippen molar-refractivity contribution in [1.29, 1.82) is 0 Å². The zero-order valence-electron chi connectivity index (χ0n) is 10.1. The molecular weight excluding hydrogens is 236 g/mol. The highest BCUT2D eigenvalue weighted by Gasteiger charge is 2.22. The van der Waals surface area contributed by atoms with Gasteiger partial charge in [-0.3, -0.25) is 9.59 Å². The van der Waals surface area contributed by atoms with E-state index in [1.54, 1.807) is 0 Å². The third-order valence-corrected chi connectivity index (χ3v) is 4.52. The Hall–Kier alpha value is -0.710. The number of nitrogens with zero attached hydrogens (tertiary/aromatic N) is 1. The minimum atomic E-state index is 0.0642. The Kier molecular flexibility index (Phi) is 4.71. The summed E-state index contributed by atoms with van der Waals surface area (Å²) in [5.41, 5.74) is 0. The maximum atomic E-state index is 12.1. The number of nitrogens with one attached hydrogen (secondary N) is 1. The van der Waals surface area contributed by atoms with Crippen LogP contribution in [0.3, 0.4) is 0 Å². The molecule has 0 unspecified atom stereocenters. The van der Waals surface area contributed by atoms with Crippen LogP contribution in [0.15, 0.2) is 0 Å². The normalized spacial score (nSPS) is 23.1. The van der Waals surface area contributed by atoms with Crippen molar-refractivity contribution in [1.82, 2.24) is 10.2 Å². The molecule has 2 saturated heterocycles. The smallest absolute Gasteiger partial charge is 0.222 e. The fourth-order valence-electron chi connectivity index (χ4n) is 2.34. The van der Waals surface area contributed by atoms with Gasteiger partial charge in [-0.05, 0) is 30.3 Å². The van der Waals surface area contributed by atoms with Crippen LogP contribution in [-0.2, 0) is 9.59 Å². The summed E-state index contributed by atoms with van der Waals surface area (Å²) in [5.74, 6) is 3.25. The lowest BCUT2D eigenvalue weighted by Crippen LogP contribution is -2.35. The standard InChI is InChI=1S/C12H20N2O2S/c15-11-1-5-14(6-4-13-11)12(16)9-10-2-7-17-8-3-10/h10H,1-9H2,(H,13,15). The minimum absolute atomic E-state index is 0.0642. The van der Waals surface area contributed by atoms with E-state index in [1.165, 1.54) is 24.3 Å². The number of hydrogen-bond donors (Lipinski definition) is 1. The Morgan fingerprint density at radius 1 is 1.35 bits per heavy atom. The largest absolute Gasteiger partial charge is 0.354 e. The molecule has 0 atom stereocenters. The maximum Gasteiger partial charge on any atom is 0.222 e. The summed E-state index contributed by atoms with van der Waals surface area (Å²) in [6, 6.07) is 0. The molecule has 0 saturated carbocycles. The molecule has 2 rings (SSSR count). The minimum Gasteiger partial charge on any atom is -0.354 e. The predicted octanol–water partition coefficient (Wildman–Crippen LogP) is 0.868. The highest BCUT2D eigenvalue weighted by Crippen LogP contribution is 2.25. The van der Waals surface area contributed by atoms with Gasteiger partial charge in [0, 0.05) is 32.5 Å². The molecule has 0 spiro atoms. The lowest BCUT2D eigenvalue weighted by atomic mass is 9.98. The van der Waals surface area contributed by atoms with E-state index in [1.807, 2.05) is 16.7 Å². The second-order valence-corrected chi connectivity index (χ2v) is 5.97. The molecule has 0 aliphatic carbocycles. The summed E-state index contributed by atoms with van der Waals surface area (Å²) in [4.78, 5) is 25.1. The van der Waals surface area contributed by atoms with Gasteiger partial charge in [0.1, 0.15) is 0 Å². The van der Waals surface area contributed by atoms with E-state index in [9.17, 15) is 9.59 Å². The zero-order chi connectivity index (χ0) is 12.1. The summed E-state index contributed by atoms with van der Waals surface area (Å²) < 4.78 is 0. The summed E-state index contributed by atoms with van der Waals surface area (Å²) >= 11 is 1.99. The van der Waals surface area contributed by atoms with Crippen LogP contribution in [0.5, 0.6) is 0 Å². The predicted molar refractivity (Wildman–Crippen MR) is 68.9 cm³/mol. The van der Waals surface area contributed by atoms with Crippen LogP contribution in [0, 0.1) is 5.92 Å². The Balaban J connectivity index is 1.79. The van der Waals surface area contributed by atoms with Gasteiger partial charge >= 0.3 is 0 Å². The molecule has 0 radical (unpaired) electrons. The fourth-order valence-corrected chi connectivity index (χ4v) is 3.55. The molecule has 0 aromatic rings. The van der Waals surface area contributed by atoms with E-state index in [0.717, 1.165) is 0 Å². The lowest BCUT2D eigenvalue weighted by molar-refractivity contribution is -0.132. The van der Waals surface area contributed by atoms with Crippen LogP contribution < -0.4 is 5.32 Å². The van der Waals surface area contributed by atoms with Crippen molar-refractivity contribution in [3.8, 4) is 0 Å². The zero-order valence-corrected chi connectivity index (χ0v) is 10.9. The van der Waals surface area contributed by atoms with Crippen LogP contribution in [-0.4, -0.2) is 47.9 Å². The first kappa shape index (κ1) is 12.7. The van der Waals surface area contributed by atoms with E-state index >= 15 is 0 Å². The topological polar surface area (TPSA) is 49.4 Å². The fraction of sp³-hybridized carbons (Fsp3) is 0.833. The molecule has 2 heterocycles. The second-order valence-electron chi connectivity index (χ2n) is 4.74. The third kappa shape index (κ3) is 3.91. The molecule has 2 amide bonds. The molecule has 17 heavy (non-hydrogen) atoms. The molecule has 1 N–H and O–H groups in total. The average molecular weight is 256 g/mol. The van der Waals surface area contributed by atoms with E-state index in [2.05, 4.69) is 5.32 Å². The van der Waals surface area contributed by atoms with Gasteiger partial charge in [-0.15, -0.1) is 0 Å². The number of thioether (sulfide) groups is 1. The van der Waals surface area contributed by atoms with Gasteiger partial charge in [-0.2, -0.15) is 11.8 Å². The molecule has 2 aliphatic heterocycles. The van der Waals surface area contributed by atoms with Gasteiger partial charge in [-0.25, -0.2) is 0 Å². The van der Waals surface area contributed by atoms with Crippen molar-refractivity contribution >= 4 is 23.6 Å². The van der Waals surface area contributed by atoms with E-state index in [0.29, 0.717) is 38.4 Å². The number of carbonyl (C=O) groups excluding carboxylic acids is 2. The monoisotopic (exact) mass is 256 g/mol. The Morgan fingerprint density at radius 3 is 2.88 bits per heavy atom. The van der Waals surface area contributed by atoms with E-state index in [4.69, 9.17) is 0 Å². The van der Waals surface area contributed by atoms with Crippen molar-refractivity contribution < 1.29 is 9.59 Å². The van der Waals surface area contributed by atoms with Gasteiger partial charge in [0.05, 0.1) is 0 Å². The molecule has 96 valence electrons. The van der Waals surface area contributed by atoms with Gasteiger partial charge in [0.15, 0.2) is 0 Å². The summed E-state index contributed by atoms with van der Waals surface area (Å²) in [7, 11) is 0. The molecule has 0 aromatic heterocycles. The lowest BCUT2D eigenvalue weighted by Gasteiger charge is -2.25. The van der Waals surface area contributed by atoms with Crippen molar-refractivity contribution in [2.75, 3.05) is 31.1 Å². The van der Waals surface area contributed by atoms with Crippen molar-refractivity contribution in [3.63, 3.8) is 0 Å². The van der Waals surface area contributed by atoms with Crippen LogP contribution in [0.25, 0.3) is 0 Å². The summed E-state index contributed by atoms with van der Waals surface area (Å²) in [6.45, 7) is 1.86. The second kappa shape index (κ2) is 6.28. The Bertz CT molecular complexity index is 290. The summed E-state index contributed by atoms with van der Waals surface area (Å²) in [6.07, 6.45) is 3.46. The molecule has 2 aliphatic rings. The van der Waals surface area contributed by atoms with Gasteiger partial charge in [0.2, 0.25) is 11.8 Å².